The zero-order valence-corrected chi connectivity index (χ0v) is 9.60. The number of rotatable bonds is 3. The molecule has 88 valence electrons. The molecule has 0 aromatic rings. The fourth-order valence-corrected chi connectivity index (χ4v) is 2.55. The monoisotopic (exact) mass is 216 g/mol. The smallest absolute Gasteiger partial charge is 0.163 e. The van der Waals surface area contributed by atoms with Crippen LogP contribution in [0, 0.1) is 5.92 Å². The third-order valence-corrected chi connectivity index (χ3v) is 3.12. The zero-order valence-electron chi connectivity index (χ0n) is 9.60. The Bertz CT molecular complexity index is 229. The van der Waals surface area contributed by atoms with Crippen LogP contribution in [0.25, 0.3) is 0 Å². The van der Waals surface area contributed by atoms with Gasteiger partial charge in [-0.1, -0.05) is 6.92 Å². The Morgan fingerprint density at radius 3 is 2.67 bits per heavy atom. The van der Waals surface area contributed by atoms with Gasteiger partial charge in [0, 0.05) is 0 Å². The summed E-state index contributed by atoms with van der Waals surface area (Å²) in [5, 5.41) is 8.74. The molecule has 1 aliphatic heterocycles. The average Bonchev–Trinajstić information content (AvgIpc) is 2.60. The molecule has 2 rings (SSSR count). The molecule has 0 aromatic carbocycles. The van der Waals surface area contributed by atoms with Crippen molar-refractivity contribution in [1.29, 1.82) is 0 Å². The zero-order chi connectivity index (χ0) is 11.1. The van der Waals surface area contributed by atoms with Gasteiger partial charge in [0.1, 0.15) is 6.10 Å². The molecule has 1 N–H and O–H groups in total. The fourth-order valence-electron chi connectivity index (χ4n) is 2.55. The Hall–Kier alpha value is -0.160. The Labute approximate surface area is 90.5 Å². The van der Waals surface area contributed by atoms with Gasteiger partial charge in [-0.25, -0.2) is 0 Å². The Morgan fingerprint density at radius 2 is 2.00 bits per heavy atom. The number of fused-ring (bicyclic) bond motifs is 1. The molecular weight excluding hydrogens is 196 g/mol. The highest BCUT2D eigenvalue weighted by molar-refractivity contribution is 4.97. The van der Waals surface area contributed by atoms with Gasteiger partial charge in [0.05, 0.1) is 25.4 Å². The Morgan fingerprint density at radius 1 is 1.33 bits per heavy atom. The van der Waals surface area contributed by atoms with Crippen molar-refractivity contribution in [1.82, 2.24) is 0 Å². The van der Waals surface area contributed by atoms with Crippen molar-refractivity contribution in [2.24, 2.45) is 5.92 Å². The van der Waals surface area contributed by atoms with E-state index in [0.29, 0.717) is 12.5 Å². The maximum Gasteiger partial charge on any atom is 0.163 e. The van der Waals surface area contributed by atoms with E-state index in [1.807, 2.05) is 13.8 Å². The van der Waals surface area contributed by atoms with Crippen LogP contribution in [-0.2, 0) is 14.2 Å². The van der Waals surface area contributed by atoms with Gasteiger partial charge in [-0.15, -0.1) is 0 Å². The molecule has 0 radical (unpaired) electrons. The summed E-state index contributed by atoms with van der Waals surface area (Å²) < 4.78 is 17.2. The molecule has 1 aliphatic carbocycles. The fraction of sp³-hybridized carbons (Fsp3) is 1.00. The molecule has 1 saturated carbocycles. The van der Waals surface area contributed by atoms with Crippen LogP contribution in [0.4, 0.5) is 0 Å². The predicted molar refractivity (Wildman–Crippen MR) is 54.4 cm³/mol. The minimum Gasteiger partial charge on any atom is -0.394 e. The summed E-state index contributed by atoms with van der Waals surface area (Å²) in [6, 6.07) is 0. The molecule has 0 spiro atoms. The maximum atomic E-state index is 8.74. The van der Waals surface area contributed by atoms with Crippen LogP contribution in [0.2, 0.25) is 0 Å². The highest BCUT2D eigenvalue weighted by Gasteiger charge is 2.52. The lowest BCUT2D eigenvalue weighted by Gasteiger charge is -2.22. The molecule has 2 fully saturated rings. The molecule has 0 aromatic heterocycles. The van der Waals surface area contributed by atoms with Gasteiger partial charge in [0.25, 0.3) is 0 Å². The van der Waals surface area contributed by atoms with Gasteiger partial charge in [0.15, 0.2) is 5.79 Å². The Balaban J connectivity index is 1.99. The highest BCUT2D eigenvalue weighted by Crippen LogP contribution is 2.42. The van der Waals surface area contributed by atoms with Crippen molar-refractivity contribution >= 4 is 0 Å². The van der Waals surface area contributed by atoms with Crippen LogP contribution < -0.4 is 0 Å². The molecule has 4 heteroatoms. The van der Waals surface area contributed by atoms with E-state index in [0.717, 1.165) is 6.42 Å². The lowest BCUT2D eigenvalue weighted by molar-refractivity contribution is -0.171. The van der Waals surface area contributed by atoms with E-state index in [1.54, 1.807) is 0 Å². The van der Waals surface area contributed by atoms with Crippen molar-refractivity contribution in [2.45, 2.75) is 51.3 Å². The summed E-state index contributed by atoms with van der Waals surface area (Å²) >= 11 is 0. The summed E-state index contributed by atoms with van der Waals surface area (Å²) in [5.41, 5.74) is 0. The standard InChI is InChI=1S/C11H20O4/c1-7-6-8(13-5-4-12)10-9(7)14-11(2,3)15-10/h7-10,12H,4-6H2,1-3H3/t7?,8-,9-,10+/m0/s1. The Kier molecular flexibility index (Phi) is 3.03. The van der Waals surface area contributed by atoms with E-state index in [4.69, 9.17) is 19.3 Å². The van der Waals surface area contributed by atoms with Crippen LogP contribution >= 0.6 is 0 Å². The van der Waals surface area contributed by atoms with Gasteiger partial charge >= 0.3 is 0 Å². The first-order chi connectivity index (χ1) is 7.03. The van der Waals surface area contributed by atoms with E-state index in [9.17, 15) is 0 Å². The van der Waals surface area contributed by atoms with Crippen molar-refractivity contribution in [2.75, 3.05) is 13.2 Å². The second-order valence-electron chi connectivity index (χ2n) is 4.91. The van der Waals surface area contributed by atoms with E-state index >= 15 is 0 Å². The molecule has 1 saturated heterocycles. The molecule has 1 heterocycles. The second kappa shape index (κ2) is 4.01. The minimum absolute atomic E-state index is 0.0292. The molecule has 2 aliphatic rings. The third-order valence-electron chi connectivity index (χ3n) is 3.12. The number of ether oxygens (including phenoxy) is 3. The molecule has 0 amide bonds. The molecule has 0 bridgehead atoms. The molecule has 1 unspecified atom stereocenters. The van der Waals surface area contributed by atoms with Gasteiger partial charge in [-0.3, -0.25) is 0 Å². The molecule has 4 atom stereocenters. The van der Waals surface area contributed by atoms with Crippen LogP contribution in [0.5, 0.6) is 0 Å². The summed E-state index contributed by atoms with van der Waals surface area (Å²) in [6.07, 6.45) is 1.19. The summed E-state index contributed by atoms with van der Waals surface area (Å²) in [6.45, 7) is 6.46. The number of aliphatic hydroxyl groups excluding tert-OH is 1. The average molecular weight is 216 g/mol. The summed E-state index contributed by atoms with van der Waals surface area (Å²) in [5.74, 6) is -0.0364. The van der Waals surface area contributed by atoms with Gasteiger partial charge in [-0.2, -0.15) is 0 Å². The van der Waals surface area contributed by atoms with Crippen molar-refractivity contribution in [3.63, 3.8) is 0 Å². The number of hydrogen-bond acceptors (Lipinski definition) is 4. The highest BCUT2D eigenvalue weighted by atomic mass is 16.8. The van der Waals surface area contributed by atoms with E-state index < -0.39 is 5.79 Å². The van der Waals surface area contributed by atoms with Gasteiger partial charge in [0.2, 0.25) is 0 Å². The first-order valence-corrected chi connectivity index (χ1v) is 5.61. The maximum absolute atomic E-state index is 8.74. The van der Waals surface area contributed by atoms with Crippen molar-refractivity contribution in [3.8, 4) is 0 Å². The normalized spacial score (nSPS) is 43.2. The largest absolute Gasteiger partial charge is 0.394 e. The summed E-state index contributed by atoms with van der Waals surface area (Å²) in [4.78, 5) is 0. The number of hydrogen-bond donors (Lipinski definition) is 1. The first-order valence-electron chi connectivity index (χ1n) is 5.61. The van der Waals surface area contributed by atoms with E-state index in [1.165, 1.54) is 0 Å². The van der Waals surface area contributed by atoms with Crippen LogP contribution in [0.3, 0.4) is 0 Å². The van der Waals surface area contributed by atoms with Gasteiger partial charge in [-0.05, 0) is 26.2 Å². The van der Waals surface area contributed by atoms with Crippen molar-refractivity contribution < 1.29 is 19.3 Å². The lowest BCUT2D eigenvalue weighted by atomic mass is 10.1. The third kappa shape index (κ3) is 2.18. The SMILES string of the molecule is CC1C[C@H](OCCO)[C@H]2OC(C)(C)O[C@@H]12. The molecule has 15 heavy (non-hydrogen) atoms. The number of aliphatic hydroxyl groups is 1. The molecule has 4 nitrogen and oxygen atoms in total. The quantitative estimate of drug-likeness (QED) is 0.762. The second-order valence-corrected chi connectivity index (χ2v) is 4.91. The van der Waals surface area contributed by atoms with Crippen LogP contribution in [0.1, 0.15) is 27.2 Å². The topological polar surface area (TPSA) is 47.9 Å². The minimum atomic E-state index is -0.495. The van der Waals surface area contributed by atoms with Crippen LogP contribution in [-0.4, -0.2) is 42.4 Å². The van der Waals surface area contributed by atoms with Crippen molar-refractivity contribution in [3.05, 3.63) is 0 Å². The summed E-state index contributed by atoms with van der Waals surface area (Å²) in [7, 11) is 0. The molecular formula is C11H20O4. The van der Waals surface area contributed by atoms with E-state index in [-0.39, 0.29) is 24.9 Å². The van der Waals surface area contributed by atoms with Crippen LogP contribution in [0.15, 0.2) is 0 Å². The predicted octanol–water partition coefficient (Wildman–Crippen LogP) is 0.924. The first kappa shape index (κ1) is 11.3. The van der Waals surface area contributed by atoms with Gasteiger partial charge < -0.3 is 19.3 Å². The lowest BCUT2D eigenvalue weighted by Crippen LogP contribution is -2.31. The van der Waals surface area contributed by atoms with E-state index in [2.05, 4.69) is 6.92 Å².